The summed E-state index contributed by atoms with van der Waals surface area (Å²) in [5.41, 5.74) is 3.17. The first-order chi connectivity index (χ1) is 8.43. The first-order valence-corrected chi connectivity index (χ1v) is 6.23. The van der Waals surface area contributed by atoms with Crippen LogP contribution < -0.4 is 0 Å². The van der Waals surface area contributed by atoms with Crippen molar-refractivity contribution in [2.24, 2.45) is 0 Å². The first-order valence-electron chi connectivity index (χ1n) is 5.35. The Kier molecular flexibility index (Phi) is 2.68. The highest BCUT2D eigenvalue weighted by molar-refractivity contribution is 7.14. The van der Waals surface area contributed by atoms with Gasteiger partial charge < -0.3 is 0 Å². The van der Waals surface area contributed by atoms with E-state index in [9.17, 15) is 0 Å². The third-order valence-electron chi connectivity index (χ3n) is 2.48. The van der Waals surface area contributed by atoms with E-state index in [1.54, 1.807) is 11.3 Å². The van der Waals surface area contributed by atoms with Crippen molar-refractivity contribution < 1.29 is 0 Å². The van der Waals surface area contributed by atoms with Crippen LogP contribution in [0.1, 0.15) is 0 Å². The largest absolute Gasteiger partial charge is 0.256 e. The van der Waals surface area contributed by atoms with Gasteiger partial charge in [-0.2, -0.15) is 0 Å². The van der Waals surface area contributed by atoms with Gasteiger partial charge in [0.05, 0.1) is 16.3 Å². The minimum atomic E-state index is 1.01. The van der Waals surface area contributed by atoms with Crippen LogP contribution in [0, 0.1) is 0 Å². The summed E-state index contributed by atoms with van der Waals surface area (Å²) in [4.78, 5) is 9.86. The molecule has 3 heteroatoms. The Hall–Kier alpha value is -2.00. The zero-order valence-electron chi connectivity index (χ0n) is 9.08. The van der Waals surface area contributed by atoms with Gasteiger partial charge in [0.1, 0.15) is 0 Å². The molecule has 0 aliphatic carbocycles. The maximum absolute atomic E-state index is 4.35. The van der Waals surface area contributed by atoms with E-state index in [4.69, 9.17) is 0 Å². The molecule has 3 rings (SSSR count). The van der Waals surface area contributed by atoms with Gasteiger partial charge in [-0.15, -0.1) is 11.3 Å². The average Bonchev–Trinajstić information content (AvgIpc) is 2.90. The van der Waals surface area contributed by atoms with Gasteiger partial charge in [-0.05, 0) is 30.3 Å². The number of nitrogens with zero attached hydrogens (tertiary/aromatic N) is 2. The van der Waals surface area contributed by atoms with E-state index in [1.807, 2.05) is 48.8 Å². The molecule has 0 aromatic carbocycles. The summed E-state index contributed by atoms with van der Waals surface area (Å²) in [6.07, 6.45) is 3.63. The first kappa shape index (κ1) is 10.2. The maximum Gasteiger partial charge on any atom is 0.0801 e. The smallest absolute Gasteiger partial charge is 0.0801 e. The van der Waals surface area contributed by atoms with E-state index in [2.05, 4.69) is 21.4 Å². The molecule has 3 heterocycles. The van der Waals surface area contributed by atoms with Crippen LogP contribution in [0.4, 0.5) is 0 Å². The summed E-state index contributed by atoms with van der Waals surface area (Å²) in [6.45, 7) is 0. The molecule has 0 bridgehead atoms. The lowest BCUT2D eigenvalue weighted by Gasteiger charge is -1.95. The second-order valence-corrected chi connectivity index (χ2v) is 4.54. The van der Waals surface area contributed by atoms with Crippen LogP contribution in [0.15, 0.2) is 60.2 Å². The summed E-state index contributed by atoms with van der Waals surface area (Å²) in [7, 11) is 0. The maximum atomic E-state index is 4.35. The van der Waals surface area contributed by atoms with Gasteiger partial charge in [-0.25, -0.2) is 0 Å². The van der Waals surface area contributed by atoms with Crippen molar-refractivity contribution in [3.63, 3.8) is 0 Å². The van der Waals surface area contributed by atoms with Crippen molar-refractivity contribution >= 4 is 11.3 Å². The molecular formula is C14H10N2S. The summed E-state index contributed by atoms with van der Waals surface area (Å²) in [6, 6.07) is 14.0. The highest BCUT2D eigenvalue weighted by Gasteiger charge is 2.05. The molecule has 0 N–H and O–H groups in total. The summed E-state index contributed by atoms with van der Waals surface area (Å²) in [5, 5.41) is 2.12. The number of pyridine rings is 2. The topological polar surface area (TPSA) is 25.8 Å². The van der Waals surface area contributed by atoms with E-state index < -0.39 is 0 Å². The van der Waals surface area contributed by atoms with Crippen molar-refractivity contribution in [2.75, 3.05) is 0 Å². The van der Waals surface area contributed by atoms with Gasteiger partial charge in [-0.3, -0.25) is 9.97 Å². The Morgan fingerprint density at radius 1 is 0.824 bits per heavy atom. The lowest BCUT2D eigenvalue weighted by Crippen LogP contribution is -1.78. The van der Waals surface area contributed by atoms with Crippen molar-refractivity contribution in [3.05, 3.63) is 60.2 Å². The monoisotopic (exact) mass is 238 g/mol. The van der Waals surface area contributed by atoms with Gasteiger partial charge in [0.2, 0.25) is 0 Å². The van der Waals surface area contributed by atoms with Crippen LogP contribution >= 0.6 is 11.3 Å². The molecule has 0 fully saturated rings. The second kappa shape index (κ2) is 4.47. The molecule has 17 heavy (non-hydrogen) atoms. The Morgan fingerprint density at radius 2 is 1.53 bits per heavy atom. The standard InChI is InChI=1S/C14H10N2S/c1-3-7-15-12(5-1)11-9-14(17-10-11)13-6-2-4-8-16-13/h1-10H. The van der Waals surface area contributed by atoms with Crippen LogP contribution in [0.3, 0.4) is 0 Å². The van der Waals surface area contributed by atoms with E-state index in [0.29, 0.717) is 0 Å². The molecule has 3 aromatic heterocycles. The van der Waals surface area contributed by atoms with Gasteiger partial charge in [0.25, 0.3) is 0 Å². The van der Waals surface area contributed by atoms with E-state index >= 15 is 0 Å². The van der Waals surface area contributed by atoms with Crippen molar-refractivity contribution in [3.8, 4) is 21.8 Å². The normalized spacial score (nSPS) is 10.4. The quantitative estimate of drug-likeness (QED) is 0.677. The zero-order valence-corrected chi connectivity index (χ0v) is 9.89. The fourth-order valence-electron chi connectivity index (χ4n) is 1.65. The van der Waals surface area contributed by atoms with Crippen molar-refractivity contribution in [1.29, 1.82) is 0 Å². The summed E-state index contributed by atoms with van der Waals surface area (Å²) in [5.74, 6) is 0. The fraction of sp³-hybridized carbons (Fsp3) is 0. The van der Waals surface area contributed by atoms with Gasteiger partial charge in [0, 0.05) is 23.3 Å². The molecule has 82 valence electrons. The average molecular weight is 238 g/mol. The Bertz CT molecular complexity index is 548. The number of aromatic nitrogens is 2. The van der Waals surface area contributed by atoms with Gasteiger partial charge in [-0.1, -0.05) is 12.1 Å². The Morgan fingerprint density at radius 3 is 2.18 bits per heavy atom. The molecule has 0 unspecified atom stereocenters. The predicted molar refractivity (Wildman–Crippen MR) is 70.8 cm³/mol. The van der Waals surface area contributed by atoms with E-state index in [-0.39, 0.29) is 0 Å². The van der Waals surface area contributed by atoms with Gasteiger partial charge >= 0.3 is 0 Å². The van der Waals surface area contributed by atoms with Crippen LogP contribution in [0.5, 0.6) is 0 Å². The minimum absolute atomic E-state index is 1.01. The molecule has 0 spiro atoms. The highest BCUT2D eigenvalue weighted by atomic mass is 32.1. The third kappa shape index (κ3) is 2.10. The van der Waals surface area contributed by atoms with Crippen molar-refractivity contribution in [1.82, 2.24) is 9.97 Å². The number of rotatable bonds is 2. The van der Waals surface area contributed by atoms with Crippen LogP contribution in [0.25, 0.3) is 21.8 Å². The zero-order chi connectivity index (χ0) is 11.5. The van der Waals surface area contributed by atoms with Crippen molar-refractivity contribution in [2.45, 2.75) is 0 Å². The van der Waals surface area contributed by atoms with E-state index in [1.165, 1.54) is 4.88 Å². The highest BCUT2D eigenvalue weighted by Crippen LogP contribution is 2.30. The molecule has 0 radical (unpaired) electrons. The second-order valence-electron chi connectivity index (χ2n) is 3.63. The molecule has 0 aliphatic rings. The lowest BCUT2D eigenvalue weighted by molar-refractivity contribution is 1.33. The molecule has 0 aliphatic heterocycles. The fourth-order valence-corrected chi connectivity index (χ4v) is 2.53. The van der Waals surface area contributed by atoms with Crippen LogP contribution in [0.2, 0.25) is 0 Å². The summed E-state index contributed by atoms with van der Waals surface area (Å²) < 4.78 is 0. The molecule has 3 aromatic rings. The molecular weight excluding hydrogens is 228 g/mol. The van der Waals surface area contributed by atoms with Gasteiger partial charge in [0.15, 0.2) is 0 Å². The summed E-state index contributed by atoms with van der Waals surface area (Å²) >= 11 is 1.69. The number of hydrogen-bond acceptors (Lipinski definition) is 3. The SMILES string of the molecule is c1ccc(-c2csc(-c3ccccn3)c2)nc1. The van der Waals surface area contributed by atoms with E-state index in [0.717, 1.165) is 17.0 Å². The molecule has 2 nitrogen and oxygen atoms in total. The Labute approximate surface area is 104 Å². The third-order valence-corrected chi connectivity index (χ3v) is 3.43. The molecule has 0 saturated heterocycles. The Balaban J connectivity index is 1.99. The minimum Gasteiger partial charge on any atom is -0.256 e. The predicted octanol–water partition coefficient (Wildman–Crippen LogP) is 3.87. The number of hydrogen-bond donors (Lipinski definition) is 0. The lowest BCUT2D eigenvalue weighted by atomic mass is 10.2. The van der Waals surface area contributed by atoms with Crippen LogP contribution in [-0.2, 0) is 0 Å². The molecule has 0 saturated carbocycles. The molecule has 0 amide bonds. The molecule has 0 atom stereocenters. The number of thiophene rings is 1. The van der Waals surface area contributed by atoms with Crippen LogP contribution in [-0.4, -0.2) is 9.97 Å².